The van der Waals surface area contributed by atoms with Gasteiger partial charge in [-0.3, -0.25) is 0 Å². The van der Waals surface area contributed by atoms with Crippen molar-refractivity contribution in [2.24, 2.45) is 5.92 Å². The summed E-state index contributed by atoms with van der Waals surface area (Å²) < 4.78 is 37.8. The number of halogens is 3. The fourth-order valence-corrected chi connectivity index (χ4v) is 2.28. The monoisotopic (exact) mass is 281 g/mol. The van der Waals surface area contributed by atoms with Crippen LogP contribution < -0.4 is 10.6 Å². The maximum Gasteiger partial charge on any atom is 0.391 e. The smallest absolute Gasteiger partial charge is 0.337 e. The molecule has 2 amide bonds. The molecule has 0 bridgehead atoms. The summed E-state index contributed by atoms with van der Waals surface area (Å²) in [4.78, 5) is 12.6. The topological polar surface area (TPSA) is 44.4 Å². The van der Waals surface area contributed by atoms with E-state index in [0.29, 0.717) is 19.5 Å². The molecule has 2 atom stereocenters. The molecule has 0 aromatic rings. The number of rotatable bonds is 4. The van der Waals surface area contributed by atoms with Crippen molar-refractivity contribution >= 4 is 6.03 Å². The van der Waals surface area contributed by atoms with Gasteiger partial charge in [0.05, 0.1) is 5.92 Å². The zero-order chi connectivity index (χ0) is 14.5. The predicted octanol–water partition coefficient (Wildman–Crippen LogP) is 1.97. The first kappa shape index (κ1) is 16.1. The Labute approximate surface area is 111 Å². The van der Waals surface area contributed by atoms with E-state index in [9.17, 15) is 18.0 Å². The number of hydrogen-bond donors (Lipinski definition) is 2. The van der Waals surface area contributed by atoms with Crippen LogP contribution in [0.15, 0.2) is 0 Å². The minimum atomic E-state index is -4.08. The average molecular weight is 281 g/mol. The fraction of sp³-hybridized carbons (Fsp3) is 0.917. The number of alkyl halides is 3. The molecular formula is C12H22F3N3O. The van der Waals surface area contributed by atoms with Crippen LogP contribution in [-0.4, -0.2) is 50.3 Å². The van der Waals surface area contributed by atoms with E-state index in [1.54, 1.807) is 14.1 Å². The first-order chi connectivity index (χ1) is 8.80. The lowest BCUT2D eigenvalue weighted by Gasteiger charge is -2.31. The summed E-state index contributed by atoms with van der Waals surface area (Å²) in [6.45, 7) is 0.916. The van der Waals surface area contributed by atoms with Gasteiger partial charge in [0, 0.05) is 33.2 Å². The number of carbonyl (C=O) groups is 1. The summed E-state index contributed by atoms with van der Waals surface area (Å²) in [7, 11) is 3.27. The van der Waals surface area contributed by atoms with Crippen LogP contribution in [0.25, 0.3) is 0 Å². The van der Waals surface area contributed by atoms with Gasteiger partial charge < -0.3 is 15.5 Å². The maximum absolute atomic E-state index is 12.6. The van der Waals surface area contributed by atoms with Crippen LogP contribution in [0.1, 0.15) is 25.7 Å². The van der Waals surface area contributed by atoms with Crippen molar-refractivity contribution in [3.05, 3.63) is 0 Å². The van der Waals surface area contributed by atoms with E-state index >= 15 is 0 Å². The summed E-state index contributed by atoms with van der Waals surface area (Å²) in [6, 6.07) is -0.296. The van der Waals surface area contributed by atoms with Crippen LogP contribution in [0.2, 0.25) is 0 Å². The Balaban J connectivity index is 2.21. The number of amides is 2. The highest BCUT2D eigenvalue weighted by atomic mass is 19.4. The third kappa shape index (κ3) is 5.67. The molecule has 0 radical (unpaired) electrons. The van der Waals surface area contributed by atoms with Gasteiger partial charge in [0.2, 0.25) is 0 Å². The van der Waals surface area contributed by atoms with Crippen molar-refractivity contribution in [1.29, 1.82) is 0 Å². The molecular weight excluding hydrogens is 259 g/mol. The van der Waals surface area contributed by atoms with Gasteiger partial charge >= 0.3 is 12.2 Å². The summed E-state index contributed by atoms with van der Waals surface area (Å²) in [5.74, 6) is -1.19. The Morgan fingerprint density at radius 1 is 1.26 bits per heavy atom. The van der Waals surface area contributed by atoms with Crippen LogP contribution in [0.4, 0.5) is 18.0 Å². The Hall–Kier alpha value is -0.980. The summed E-state index contributed by atoms with van der Waals surface area (Å²) in [5, 5.41) is 5.75. The number of nitrogens with one attached hydrogen (secondary N) is 2. The third-order valence-corrected chi connectivity index (χ3v) is 3.38. The lowest BCUT2D eigenvalue weighted by molar-refractivity contribution is -0.183. The zero-order valence-corrected chi connectivity index (χ0v) is 11.4. The van der Waals surface area contributed by atoms with Gasteiger partial charge in [-0.25, -0.2) is 4.79 Å². The van der Waals surface area contributed by atoms with Crippen LogP contribution >= 0.6 is 0 Å². The molecule has 0 aromatic heterocycles. The molecule has 112 valence electrons. The molecule has 1 saturated carbocycles. The summed E-state index contributed by atoms with van der Waals surface area (Å²) in [5.41, 5.74) is 0. The van der Waals surface area contributed by atoms with Crippen molar-refractivity contribution < 1.29 is 18.0 Å². The SMILES string of the molecule is CN(C)C(=O)NCCNC1CCCC(C(F)(F)F)C1. The number of nitrogens with zero attached hydrogens (tertiary/aromatic N) is 1. The Bertz CT molecular complexity index is 294. The van der Waals surface area contributed by atoms with E-state index in [2.05, 4.69) is 10.6 Å². The molecule has 1 fully saturated rings. The molecule has 1 aliphatic carbocycles. The largest absolute Gasteiger partial charge is 0.391 e. The Kier molecular flexibility index (Phi) is 5.90. The molecule has 7 heteroatoms. The van der Waals surface area contributed by atoms with Crippen LogP contribution in [0.3, 0.4) is 0 Å². The Morgan fingerprint density at radius 3 is 2.53 bits per heavy atom. The van der Waals surface area contributed by atoms with Crippen molar-refractivity contribution in [2.75, 3.05) is 27.2 Å². The molecule has 4 nitrogen and oxygen atoms in total. The van der Waals surface area contributed by atoms with Crippen molar-refractivity contribution in [3.63, 3.8) is 0 Å². The molecule has 19 heavy (non-hydrogen) atoms. The Morgan fingerprint density at radius 2 is 1.95 bits per heavy atom. The lowest BCUT2D eigenvalue weighted by atomic mass is 9.85. The first-order valence-electron chi connectivity index (χ1n) is 6.56. The second-order valence-electron chi connectivity index (χ2n) is 5.18. The second kappa shape index (κ2) is 6.98. The van der Waals surface area contributed by atoms with Gasteiger partial charge in [-0.2, -0.15) is 13.2 Å². The summed E-state index contributed by atoms with van der Waals surface area (Å²) in [6.07, 6.45) is -2.33. The number of urea groups is 1. The van der Waals surface area contributed by atoms with E-state index < -0.39 is 12.1 Å². The van der Waals surface area contributed by atoms with E-state index in [-0.39, 0.29) is 24.9 Å². The quantitative estimate of drug-likeness (QED) is 0.774. The van der Waals surface area contributed by atoms with Gasteiger partial charge in [0.25, 0.3) is 0 Å². The first-order valence-corrected chi connectivity index (χ1v) is 6.56. The van der Waals surface area contributed by atoms with Crippen LogP contribution in [0, 0.1) is 5.92 Å². The van der Waals surface area contributed by atoms with Gasteiger partial charge in [0.15, 0.2) is 0 Å². The average Bonchev–Trinajstić information content (AvgIpc) is 2.33. The molecule has 2 N–H and O–H groups in total. The van der Waals surface area contributed by atoms with E-state index in [4.69, 9.17) is 0 Å². The molecule has 0 aromatic carbocycles. The highest BCUT2D eigenvalue weighted by Gasteiger charge is 2.41. The highest BCUT2D eigenvalue weighted by molar-refractivity contribution is 5.73. The second-order valence-corrected chi connectivity index (χ2v) is 5.18. The minimum Gasteiger partial charge on any atom is -0.337 e. The van der Waals surface area contributed by atoms with Gasteiger partial charge in [0.1, 0.15) is 0 Å². The highest BCUT2D eigenvalue weighted by Crippen LogP contribution is 2.37. The molecule has 0 spiro atoms. The minimum absolute atomic E-state index is 0.100. The fourth-order valence-electron chi connectivity index (χ4n) is 2.28. The number of hydrogen-bond acceptors (Lipinski definition) is 2. The van der Waals surface area contributed by atoms with Crippen molar-refractivity contribution in [1.82, 2.24) is 15.5 Å². The maximum atomic E-state index is 12.6. The molecule has 0 aliphatic heterocycles. The standard InChI is InChI=1S/C12H22F3N3O/c1-18(2)11(19)17-7-6-16-10-5-3-4-9(8-10)12(13,14)15/h9-10,16H,3-8H2,1-2H3,(H,17,19). The third-order valence-electron chi connectivity index (χ3n) is 3.38. The van der Waals surface area contributed by atoms with Crippen LogP contribution in [0.5, 0.6) is 0 Å². The van der Waals surface area contributed by atoms with Gasteiger partial charge in [-0.1, -0.05) is 6.42 Å². The zero-order valence-electron chi connectivity index (χ0n) is 11.4. The van der Waals surface area contributed by atoms with E-state index in [1.807, 2.05) is 0 Å². The molecule has 1 aliphatic rings. The number of carbonyl (C=O) groups excluding carboxylic acids is 1. The predicted molar refractivity (Wildman–Crippen MR) is 66.9 cm³/mol. The van der Waals surface area contributed by atoms with E-state index in [0.717, 1.165) is 6.42 Å². The van der Waals surface area contributed by atoms with Crippen LogP contribution in [-0.2, 0) is 0 Å². The van der Waals surface area contributed by atoms with E-state index in [1.165, 1.54) is 4.90 Å². The molecule has 0 saturated heterocycles. The molecule has 0 heterocycles. The van der Waals surface area contributed by atoms with Crippen molar-refractivity contribution in [2.45, 2.75) is 37.9 Å². The van der Waals surface area contributed by atoms with Gasteiger partial charge in [-0.15, -0.1) is 0 Å². The van der Waals surface area contributed by atoms with Crippen molar-refractivity contribution in [3.8, 4) is 0 Å². The summed E-state index contributed by atoms with van der Waals surface area (Å²) >= 11 is 0. The lowest BCUT2D eigenvalue weighted by Crippen LogP contribution is -2.43. The molecule has 2 unspecified atom stereocenters. The molecule has 1 rings (SSSR count). The normalized spacial score (nSPS) is 24.1. The van der Waals surface area contributed by atoms with Gasteiger partial charge in [-0.05, 0) is 19.3 Å².